The molecule has 0 radical (unpaired) electrons. The maximum absolute atomic E-state index is 5.80. The van der Waals surface area contributed by atoms with Crippen LogP contribution in [0.1, 0.15) is 25.1 Å². The molecule has 1 fully saturated rings. The second-order valence-electron chi connectivity index (χ2n) is 3.73. The monoisotopic (exact) mass is 196 g/mol. The molecule has 1 aromatic rings. The average molecular weight is 196 g/mol. The van der Waals surface area contributed by atoms with E-state index in [1.54, 1.807) is 0 Å². The fraction of sp³-hybridized carbons (Fsp3) is 0.778. The van der Waals surface area contributed by atoms with Crippen LogP contribution in [0.15, 0.2) is 4.42 Å². The summed E-state index contributed by atoms with van der Waals surface area (Å²) < 4.78 is 5.43. The van der Waals surface area contributed by atoms with E-state index < -0.39 is 0 Å². The molecule has 2 N–H and O–H groups in total. The summed E-state index contributed by atoms with van der Waals surface area (Å²) in [4.78, 5) is 2.25. The highest BCUT2D eigenvalue weighted by molar-refractivity contribution is 4.85. The minimum atomic E-state index is 0.309. The first-order valence-electron chi connectivity index (χ1n) is 5.07. The Labute approximate surface area is 83.3 Å². The lowest BCUT2D eigenvalue weighted by molar-refractivity contribution is 0.283. The van der Waals surface area contributed by atoms with Crippen LogP contribution in [0.4, 0.5) is 0 Å². The summed E-state index contributed by atoms with van der Waals surface area (Å²) in [7, 11) is 0. The molecule has 1 aliphatic rings. The van der Waals surface area contributed by atoms with Gasteiger partial charge in [-0.1, -0.05) is 6.92 Å². The molecule has 1 saturated heterocycles. The van der Waals surface area contributed by atoms with E-state index in [1.807, 2.05) is 6.92 Å². The van der Waals surface area contributed by atoms with Gasteiger partial charge in [-0.05, 0) is 6.42 Å². The predicted octanol–water partition coefficient (Wildman–Crippen LogP) is 0.165. The quantitative estimate of drug-likeness (QED) is 0.746. The Bertz CT molecular complexity index is 299. The smallest absolute Gasteiger partial charge is 0.230 e. The minimum Gasteiger partial charge on any atom is -0.424 e. The van der Waals surface area contributed by atoms with Crippen molar-refractivity contribution in [3.05, 3.63) is 11.8 Å². The van der Waals surface area contributed by atoms with Gasteiger partial charge in [0.1, 0.15) is 0 Å². The summed E-state index contributed by atoms with van der Waals surface area (Å²) in [5, 5.41) is 7.90. The van der Waals surface area contributed by atoms with Crippen LogP contribution in [0.3, 0.4) is 0 Å². The van der Waals surface area contributed by atoms with Crippen LogP contribution in [-0.4, -0.2) is 34.2 Å². The Morgan fingerprint density at radius 2 is 2.29 bits per heavy atom. The highest BCUT2D eigenvalue weighted by Crippen LogP contribution is 2.11. The minimum absolute atomic E-state index is 0.309. The molecule has 0 spiro atoms. The number of hydrogen-bond donors (Lipinski definition) is 1. The Morgan fingerprint density at radius 3 is 2.86 bits per heavy atom. The van der Waals surface area contributed by atoms with E-state index in [4.69, 9.17) is 10.2 Å². The molecule has 1 aliphatic heterocycles. The highest BCUT2D eigenvalue weighted by atomic mass is 16.4. The SMILES string of the molecule is CCc1nnc(CN2CCC(N)C2)o1. The van der Waals surface area contributed by atoms with Gasteiger partial charge in [0.15, 0.2) is 0 Å². The maximum Gasteiger partial charge on any atom is 0.230 e. The zero-order valence-corrected chi connectivity index (χ0v) is 8.44. The van der Waals surface area contributed by atoms with Gasteiger partial charge in [0.2, 0.25) is 11.8 Å². The Hall–Kier alpha value is -0.940. The van der Waals surface area contributed by atoms with E-state index in [0.29, 0.717) is 17.8 Å². The van der Waals surface area contributed by atoms with Gasteiger partial charge in [0.25, 0.3) is 0 Å². The standard InChI is InChI=1S/C9H16N4O/c1-2-8-11-12-9(14-8)6-13-4-3-7(10)5-13/h7H,2-6,10H2,1H3. The molecule has 5 heteroatoms. The molecule has 0 amide bonds. The number of rotatable bonds is 3. The summed E-state index contributed by atoms with van der Waals surface area (Å²) in [5.74, 6) is 1.42. The molecule has 0 aliphatic carbocycles. The third-order valence-corrected chi connectivity index (χ3v) is 2.48. The topological polar surface area (TPSA) is 68.2 Å². The lowest BCUT2D eigenvalue weighted by atomic mass is 10.3. The average Bonchev–Trinajstić information content (AvgIpc) is 2.76. The van der Waals surface area contributed by atoms with E-state index in [0.717, 1.165) is 32.5 Å². The molecule has 2 heterocycles. The van der Waals surface area contributed by atoms with Gasteiger partial charge < -0.3 is 10.2 Å². The van der Waals surface area contributed by atoms with Crippen molar-refractivity contribution >= 4 is 0 Å². The van der Waals surface area contributed by atoms with E-state index in [9.17, 15) is 0 Å². The van der Waals surface area contributed by atoms with Crippen LogP contribution >= 0.6 is 0 Å². The van der Waals surface area contributed by atoms with E-state index in [2.05, 4.69) is 15.1 Å². The van der Waals surface area contributed by atoms with Crippen LogP contribution in [0, 0.1) is 0 Å². The van der Waals surface area contributed by atoms with Crippen molar-refractivity contribution in [1.29, 1.82) is 0 Å². The van der Waals surface area contributed by atoms with E-state index >= 15 is 0 Å². The molecule has 1 atom stereocenters. The molecule has 0 bridgehead atoms. The molecule has 1 unspecified atom stereocenters. The van der Waals surface area contributed by atoms with Crippen molar-refractivity contribution in [2.24, 2.45) is 5.73 Å². The van der Waals surface area contributed by atoms with Crippen LogP contribution in [0.25, 0.3) is 0 Å². The first-order valence-corrected chi connectivity index (χ1v) is 5.07. The van der Waals surface area contributed by atoms with Crippen LogP contribution in [0.2, 0.25) is 0 Å². The molecule has 0 saturated carbocycles. The second kappa shape index (κ2) is 4.06. The fourth-order valence-electron chi connectivity index (χ4n) is 1.69. The Kier molecular flexibility index (Phi) is 2.79. The summed E-state index contributed by atoms with van der Waals surface area (Å²) in [5.41, 5.74) is 5.80. The van der Waals surface area contributed by atoms with Crippen molar-refractivity contribution in [2.75, 3.05) is 13.1 Å². The summed E-state index contributed by atoms with van der Waals surface area (Å²) in [6.07, 6.45) is 1.86. The third-order valence-electron chi connectivity index (χ3n) is 2.48. The number of nitrogens with zero attached hydrogens (tertiary/aromatic N) is 3. The largest absolute Gasteiger partial charge is 0.424 e. The lowest BCUT2D eigenvalue weighted by Gasteiger charge is -2.11. The molecular formula is C9H16N4O. The molecule has 2 rings (SSSR count). The number of hydrogen-bond acceptors (Lipinski definition) is 5. The second-order valence-corrected chi connectivity index (χ2v) is 3.73. The van der Waals surface area contributed by atoms with Gasteiger partial charge in [0, 0.05) is 25.6 Å². The molecule has 0 aromatic carbocycles. The number of aryl methyl sites for hydroxylation is 1. The summed E-state index contributed by atoms with van der Waals surface area (Å²) >= 11 is 0. The summed E-state index contributed by atoms with van der Waals surface area (Å²) in [6.45, 7) is 4.71. The van der Waals surface area contributed by atoms with Crippen LogP contribution in [0.5, 0.6) is 0 Å². The lowest BCUT2D eigenvalue weighted by Crippen LogP contribution is -2.26. The Balaban J connectivity index is 1.90. The van der Waals surface area contributed by atoms with Gasteiger partial charge in [-0.3, -0.25) is 4.90 Å². The maximum atomic E-state index is 5.80. The fourth-order valence-corrected chi connectivity index (χ4v) is 1.69. The van der Waals surface area contributed by atoms with Crippen molar-refractivity contribution in [2.45, 2.75) is 32.4 Å². The predicted molar refractivity (Wildman–Crippen MR) is 51.5 cm³/mol. The van der Waals surface area contributed by atoms with Gasteiger partial charge >= 0.3 is 0 Å². The number of likely N-dealkylation sites (tertiary alicyclic amines) is 1. The van der Waals surface area contributed by atoms with Crippen molar-refractivity contribution in [3.8, 4) is 0 Å². The first-order chi connectivity index (χ1) is 6.78. The van der Waals surface area contributed by atoms with Gasteiger partial charge in [-0.25, -0.2) is 0 Å². The third kappa shape index (κ3) is 2.10. The molecule has 1 aromatic heterocycles. The number of nitrogens with two attached hydrogens (primary N) is 1. The van der Waals surface area contributed by atoms with Crippen LogP contribution in [-0.2, 0) is 13.0 Å². The normalized spacial score (nSPS) is 23.1. The summed E-state index contributed by atoms with van der Waals surface area (Å²) in [6, 6.07) is 0.309. The highest BCUT2D eigenvalue weighted by Gasteiger charge is 2.20. The zero-order chi connectivity index (χ0) is 9.97. The van der Waals surface area contributed by atoms with E-state index in [1.165, 1.54) is 0 Å². The van der Waals surface area contributed by atoms with Crippen molar-refractivity contribution < 1.29 is 4.42 Å². The van der Waals surface area contributed by atoms with E-state index in [-0.39, 0.29) is 0 Å². The number of aromatic nitrogens is 2. The van der Waals surface area contributed by atoms with Crippen LogP contribution < -0.4 is 5.73 Å². The van der Waals surface area contributed by atoms with Crippen molar-refractivity contribution in [1.82, 2.24) is 15.1 Å². The van der Waals surface area contributed by atoms with Gasteiger partial charge in [-0.2, -0.15) is 0 Å². The zero-order valence-electron chi connectivity index (χ0n) is 8.44. The van der Waals surface area contributed by atoms with Crippen molar-refractivity contribution in [3.63, 3.8) is 0 Å². The molecule has 5 nitrogen and oxygen atoms in total. The molecule has 78 valence electrons. The van der Waals surface area contributed by atoms with Gasteiger partial charge in [-0.15, -0.1) is 10.2 Å². The van der Waals surface area contributed by atoms with Gasteiger partial charge in [0.05, 0.1) is 6.54 Å². The Morgan fingerprint density at radius 1 is 1.50 bits per heavy atom. The first kappa shape index (κ1) is 9.61. The molecule has 14 heavy (non-hydrogen) atoms. The molecular weight excluding hydrogens is 180 g/mol.